The van der Waals surface area contributed by atoms with Crippen molar-refractivity contribution in [3.8, 4) is 0 Å². The van der Waals surface area contributed by atoms with Crippen molar-refractivity contribution in [2.45, 2.75) is 32.9 Å². The molecule has 1 heterocycles. The van der Waals surface area contributed by atoms with Crippen LogP contribution in [0, 0.1) is 13.8 Å². The molecule has 2 aromatic carbocycles. The van der Waals surface area contributed by atoms with Gasteiger partial charge in [-0.15, -0.1) is 11.3 Å². The number of rotatable bonds is 6. The highest BCUT2D eigenvalue weighted by Crippen LogP contribution is 2.23. The van der Waals surface area contributed by atoms with Gasteiger partial charge >= 0.3 is 0 Å². The van der Waals surface area contributed by atoms with Crippen molar-refractivity contribution < 1.29 is 10.1 Å². The Kier molecular flexibility index (Phi) is 5.86. The van der Waals surface area contributed by atoms with Crippen molar-refractivity contribution in [1.29, 1.82) is 0 Å². The summed E-state index contributed by atoms with van der Waals surface area (Å²) in [4.78, 5) is 13.9. The Morgan fingerprint density at radius 1 is 1.00 bits per heavy atom. The second-order valence-electron chi connectivity index (χ2n) is 6.74. The van der Waals surface area contributed by atoms with Crippen LogP contribution in [-0.2, 0) is 4.79 Å². The standard InChI is InChI=1S/C22H24N2OS/c1-15-9-11-18(12-10-15)21(20-8-5-13-26-20)23-17(3)22(25)24-19-7-4-6-16(2)14-19/h4-14,17,21,23H,1-3H3,(H,24,25)/p+1/t17-,21+/m1/s1. The second-order valence-corrected chi connectivity index (χ2v) is 7.72. The maximum Gasteiger partial charge on any atom is 0.282 e. The van der Waals surface area contributed by atoms with Crippen molar-refractivity contribution in [3.05, 3.63) is 87.6 Å². The van der Waals surface area contributed by atoms with E-state index in [4.69, 9.17) is 0 Å². The minimum Gasteiger partial charge on any atom is -0.326 e. The fraction of sp³-hybridized carbons (Fsp3) is 0.227. The number of aryl methyl sites for hydroxylation is 2. The molecular formula is C22H25N2OS+. The maximum atomic E-state index is 12.7. The van der Waals surface area contributed by atoms with E-state index >= 15 is 0 Å². The Labute approximate surface area is 159 Å². The van der Waals surface area contributed by atoms with Gasteiger partial charge in [-0.3, -0.25) is 4.79 Å². The highest BCUT2D eigenvalue weighted by atomic mass is 32.1. The van der Waals surface area contributed by atoms with Crippen molar-refractivity contribution >= 4 is 22.9 Å². The summed E-state index contributed by atoms with van der Waals surface area (Å²) in [6.07, 6.45) is 0. The molecule has 0 unspecified atom stereocenters. The Hall–Kier alpha value is -2.43. The van der Waals surface area contributed by atoms with E-state index in [9.17, 15) is 4.79 Å². The Morgan fingerprint density at radius 2 is 1.77 bits per heavy atom. The number of carbonyl (C=O) groups excluding carboxylic acids is 1. The molecule has 0 radical (unpaired) electrons. The first kappa shape index (κ1) is 18.4. The molecule has 4 heteroatoms. The van der Waals surface area contributed by atoms with Crippen molar-refractivity contribution in [2.75, 3.05) is 5.32 Å². The smallest absolute Gasteiger partial charge is 0.282 e. The van der Waals surface area contributed by atoms with E-state index in [0.717, 1.165) is 11.3 Å². The zero-order chi connectivity index (χ0) is 18.5. The first-order valence-electron chi connectivity index (χ1n) is 8.85. The third-order valence-corrected chi connectivity index (χ3v) is 5.42. The summed E-state index contributed by atoms with van der Waals surface area (Å²) in [6.45, 7) is 6.07. The molecule has 3 nitrogen and oxygen atoms in total. The van der Waals surface area contributed by atoms with Gasteiger partial charge in [-0.2, -0.15) is 0 Å². The molecule has 3 rings (SSSR count). The molecule has 0 aliphatic carbocycles. The van der Waals surface area contributed by atoms with Crippen LogP contribution in [0.15, 0.2) is 66.0 Å². The van der Waals surface area contributed by atoms with Gasteiger partial charge in [-0.05, 0) is 49.9 Å². The number of amides is 1. The average molecular weight is 366 g/mol. The SMILES string of the molecule is Cc1ccc([C@H]([NH2+][C@H](C)C(=O)Nc2cccc(C)c2)c2cccs2)cc1. The molecule has 3 N–H and O–H groups in total. The van der Waals surface area contributed by atoms with Gasteiger partial charge in [0.05, 0.1) is 4.88 Å². The molecule has 0 aliphatic heterocycles. The molecule has 0 saturated carbocycles. The molecule has 0 bridgehead atoms. The van der Waals surface area contributed by atoms with E-state index in [0.29, 0.717) is 0 Å². The van der Waals surface area contributed by atoms with Crippen molar-refractivity contribution in [3.63, 3.8) is 0 Å². The van der Waals surface area contributed by atoms with Crippen LogP contribution in [0.4, 0.5) is 5.69 Å². The molecule has 134 valence electrons. The topological polar surface area (TPSA) is 45.7 Å². The number of hydrogen-bond acceptors (Lipinski definition) is 2. The molecule has 0 saturated heterocycles. The third kappa shape index (κ3) is 4.59. The van der Waals surface area contributed by atoms with E-state index in [1.807, 2.05) is 38.1 Å². The first-order chi connectivity index (χ1) is 12.5. The number of quaternary nitrogens is 1. The van der Waals surface area contributed by atoms with E-state index in [2.05, 4.69) is 59.3 Å². The molecule has 0 aliphatic rings. The van der Waals surface area contributed by atoms with E-state index in [-0.39, 0.29) is 18.0 Å². The molecule has 3 aromatic rings. The second kappa shape index (κ2) is 8.30. The van der Waals surface area contributed by atoms with Crippen LogP contribution in [0.1, 0.15) is 34.5 Å². The zero-order valence-electron chi connectivity index (χ0n) is 15.4. The Morgan fingerprint density at radius 3 is 2.42 bits per heavy atom. The van der Waals surface area contributed by atoms with Gasteiger partial charge in [0.1, 0.15) is 6.04 Å². The summed E-state index contributed by atoms with van der Waals surface area (Å²) >= 11 is 1.73. The average Bonchev–Trinajstić information content (AvgIpc) is 3.14. The largest absolute Gasteiger partial charge is 0.326 e. The predicted octanol–water partition coefficient (Wildman–Crippen LogP) is 4.04. The van der Waals surface area contributed by atoms with Crippen LogP contribution >= 0.6 is 11.3 Å². The normalized spacial score (nSPS) is 13.2. The summed E-state index contributed by atoms with van der Waals surface area (Å²) in [5.74, 6) is 0.0178. The fourth-order valence-electron chi connectivity index (χ4n) is 2.97. The van der Waals surface area contributed by atoms with Crippen molar-refractivity contribution in [2.24, 2.45) is 0 Å². The highest BCUT2D eigenvalue weighted by molar-refractivity contribution is 7.10. The molecule has 1 aromatic heterocycles. The lowest BCUT2D eigenvalue weighted by Gasteiger charge is -2.19. The van der Waals surface area contributed by atoms with Gasteiger partial charge in [0.2, 0.25) is 0 Å². The van der Waals surface area contributed by atoms with E-state index in [1.54, 1.807) is 11.3 Å². The summed E-state index contributed by atoms with van der Waals surface area (Å²) in [6, 6.07) is 20.6. The summed E-state index contributed by atoms with van der Waals surface area (Å²) in [5.41, 5.74) is 4.44. The molecule has 0 fully saturated rings. The minimum atomic E-state index is -0.205. The summed E-state index contributed by atoms with van der Waals surface area (Å²) < 4.78 is 0. The monoisotopic (exact) mass is 365 g/mol. The quantitative estimate of drug-likeness (QED) is 0.680. The number of nitrogens with one attached hydrogen (secondary N) is 1. The molecule has 1 amide bonds. The van der Waals surface area contributed by atoms with Crippen LogP contribution in [0.5, 0.6) is 0 Å². The Bertz CT molecular complexity index is 856. The number of anilines is 1. The number of hydrogen-bond donors (Lipinski definition) is 2. The number of nitrogens with two attached hydrogens (primary N) is 1. The van der Waals surface area contributed by atoms with E-state index < -0.39 is 0 Å². The van der Waals surface area contributed by atoms with Crippen LogP contribution < -0.4 is 10.6 Å². The van der Waals surface area contributed by atoms with Crippen LogP contribution in [0.2, 0.25) is 0 Å². The molecule has 26 heavy (non-hydrogen) atoms. The molecule has 2 atom stereocenters. The number of thiophene rings is 1. The Balaban J connectivity index is 1.75. The van der Waals surface area contributed by atoms with Crippen LogP contribution in [0.25, 0.3) is 0 Å². The number of benzene rings is 2. The van der Waals surface area contributed by atoms with E-state index in [1.165, 1.54) is 16.0 Å². The lowest BCUT2D eigenvalue weighted by molar-refractivity contribution is -0.703. The van der Waals surface area contributed by atoms with Crippen molar-refractivity contribution in [1.82, 2.24) is 0 Å². The van der Waals surface area contributed by atoms with Gasteiger partial charge in [0.25, 0.3) is 5.91 Å². The van der Waals surface area contributed by atoms with Crippen LogP contribution in [-0.4, -0.2) is 11.9 Å². The lowest BCUT2D eigenvalue weighted by atomic mass is 10.0. The third-order valence-electron chi connectivity index (χ3n) is 4.47. The zero-order valence-corrected chi connectivity index (χ0v) is 16.2. The van der Waals surface area contributed by atoms with Gasteiger partial charge in [-0.25, -0.2) is 0 Å². The lowest BCUT2D eigenvalue weighted by Crippen LogP contribution is -2.92. The highest BCUT2D eigenvalue weighted by Gasteiger charge is 2.25. The van der Waals surface area contributed by atoms with Gasteiger partial charge in [0.15, 0.2) is 6.04 Å². The summed E-state index contributed by atoms with van der Waals surface area (Å²) in [5, 5.41) is 7.25. The maximum absolute atomic E-state index is 12.7. The number of carbonyl (C=O) groups is 1. The van der Waals surface area contributed by atoms with Gasteiger partial charge in [-0.1, -0.05) is 48.0 Å². The first-order valence-corrected chi connectivity index (χ1v) is 9.73. The van der Waals surface area contributed by atoms with Gasteiger partial charge in [0, 0.05) is 11.3 Å². The molecule has 0 spiro atoms. The predicted molar refractivity (Wildman–Crippen MR) is 109 cm³/mol. The van der Waals surface area contributed by atoms with Crippen LogP contribution in [0.3, 0.4) is 0 Å². The summed E-state index contributed by atoms with van der Waals surface area (Å²) in [7, 11) is 0. The fourth-order valence-corrected chi connectivity index (χ4v) is 3.80. The minimum absolute atomic E-state index is 0.0178. The van der Waals surface area contributed by atoms with Gasteiger partial charge < -0.3 is 10.6 Å². The molecular weight excluding hydrogens is 340 g/mol.